The normalized spacial score (nSPS) is 20.1. The standard InChI is InChI=1S/C16H15N3O3S2/c1-2-7-18-15(22)13(24-16(18)23)12-9-5-3-4-6-10(9)19(14(12)21)8-11(17)20/h3-6H,2,7-8H2,1H3,(H2,17,20)/b13-12-. The summed E-state index contributed by atoms with van der Waals surface area (Å²) >= 11 is 6.40. The highest BCUT2D eigenvalue weighted by molar-refractivity contribution is 8.26. The van der Waals surface area contributed by atoms with Crippen LogP contribution in [0.15, 0.2) is 29.2 Å². The molecule has 1 aromatic carbocycles. The molecule has 24 heavy (non-hydrogen) atoms. The molecule has 0 saturated carbocycles. The fourth-order valence-electron chi connectivity index (χ4n) is 2.78. The number of primary amides is 1. The summed E-state index contributed by atoms with van der Waals surface area (Å²) in [4.78, 5) is 39.9. The Kier molecular flexibility index (Phi) is 4.42. The molecule has 6 nitrogen and oxygen atoms in total. The second-order valence-electron chi connectivity index (χ2n) is 5.40. The predicted molar refractivity (Wildman–Crippen MR) is 97.1 cm³/mol. The maximum absolute atomic E-state index is 12.8. The Morgan fingerprint density at radius 1 is 1.21 bits per heavy atom. The number of thioether (sulfide) groups is 1. The largest absolute Gasteiger partial charge is 0.368 e. The molecule has 0 aliphatic carbocycles. The van der Waals surface area contributed by atoms with Crippen molar-refractivity contribution in [3.05, 3.63) is 34.7 Å². The molecule has 8 heteroatoms. The van der Waals surface area contributed by atoms with Crippen LogP contribution in [0.4, 0.5) is 5.69 Å². The summed E-state index contributed by atoms with van der Waals surface area (Å²) in [5.74, 6) is -1.27. The van der Waals surface area contributed by atoms with Gasteiger partial charge in [0.1, 0.15) is 10.9 Å². The third kappa shape index (κ3) is 2.61. The number of carbonyl (C=O) groups is 3. The highest BCUT2D eigenvalue weighted by atomic mass is 32.2. The molecule has 0 aromatic heterocycles. The van der Waals surface area contributed by atoms with Crippen molar-refractivity contribution in [2.45, 2.75) is 13.3 Å². The molecule has 3 rings (SSSR count). The van der Waals surface area contributed by atoms with Crippen LogP contribution < -0.4 is 10.6 Å². The van der Waals surface area contributed by atoms with Crippen LogP contribution in [0.5, 0.6) is 0 Å². The lowest BCUT2D eigenvalue weighted by Gasteiger charge is -2.14. The summed E-state index contributed by atoms with van der Waals surface area (Å²) in [5.41, 5.74) is 6.75. The van der Waals surface area contributed by atoms with E-state index < -0.39 is 11.8 Å². The summed E-state index contributed by atoms with van der Waals surface area (Å²) < 4.78 is 0.447. The minimum Gasteiger partial charge on any atom is -0.368 e. The molecule has 2 N–H and O–H groups in total. The van der Waals surface area contributed by atoms with Gasteiger partial charge in [-0.2, -0.15) is 0 Å². The predicted octanol–water partition coefficient (Wildman–Crippen LogP) is 1.50. The van der Waals surface area contributed by atoms with Crippen molar-refractivity contribution < 1.29 is 14.4 Å². The average molecular weight is 361 g/mol. The van der Waals surface area contributed by atoms with E-state index in [1.807, 2.05) is 6.92 Å². The Labute approximate surface area is 148 Å². The van der Waals surface area contributed by atoms with E-state index in [1.54, 1.807) is 24.3 Å². The zero-order valence-corrected chi connectivity index (χ0v) is 14.6. The van der Waals surface area contributed by atoms with Crippen LogP contribution in [-0.2, 0) is 14.4 Å². The lowest BCUT2D eigenvalue weighted by molar-refractivity contribution is -0.122. The van der Waals surface area contributed by atoms with Crippen molar-refractivity contribution in [1.29, 1.82) is 0 Å². The van der Waals surface area contributed by atoms with Crippen LogP contribution in [0.2, 0.25) is 0 Å². The number of nitrogens with two attached hydrogens (primary N) is 1. The molecular formula is C16H15N3O3S2. The number of carbonyl (C=O) groups excluding carboxylic acids is 3. The fourth-order valence-corrected chi connectivity index (χ4v) is 4.16. The fraction of sp³-hybridized carbons (Fsp3) is 0.250. The van der Waals surface area contributed by atoms with E-state index >= 15 is 0 Å². The van der Waals surface area contributed by atoms with Gasteiger partial charge in [-0.1, -0.05) is 49.1 Å². The number of amides is 3. The summed E-state index contributed by atoms with van der Waals surface area (Å²) in [6.45, 7) is 2.24. The molecule has 3 amide bonds. The number of benzene rings is 1. The lowest BCUT2D eigenvalue weighted by atomic mass is 10.1. The Balaban J connectivity index is 2.12. The first-order valence-electron chi connectivity index (χ1n) is 7.43. The van der Waals surface area contributed by atoms with Crippen molar-refractivity contribution >= 4 is 57.3 Å². The Hall–Kier alpha value is -2.19. The SMILES string of the molecule is CCCN1C(=O)/C(=C2/C(=O)N(CC(N)=O)c3ccccc32)SC1=S. The van der Waals surface area contributed by atoms with Gasteiger partial charge in [0.25, 0.3) is 11.8 Å². The van der Waals surface area contributed by atoms with Gasteiger partial charge < -0.3 is 5.73 Å². The van der Waals surface area contributed by atoms with Gasteiger partial charge in [0.05, 0.1) is 16.2 Å². The van der Waals surface area contributed by atoms with Crippen LogP contribution in [0.25, 0.3) is 5.57 Å². The molecule has 0 spiro atoms. The molecule has 0 radical (unpaired) electrons. The number of rotatable bonds is 4. The van der Waals surface area contributed by atoms with Gasteiger partial charge in [0.15, 0.2) is 0 Å². The minimum atomic E-state index is -0.613. The summed E-state index contributed by atoms with van der Waals surface area (Å²) in [5, 5.41) is 0. The number of nitrogens with zero attached hydrogens (tertiary/aromatic N) is 2. The Morgan fingerprint density at radius 3 is 2.58 bits per heavy atom. The topological polar surface area (TPSA) is 83.7 Å². The van der Waals surface area contributed by atoms with Gasteiger partial charge in [-0.25, -0.2) is 0 Å². The van der Waals surface area contributed by atoms with E-state index in [9.17, 15) is 14.4 Å². The lowest BCUT2D eigenvalue weighted by Crippen LogP contribution is -2.36. The zero-order chi connectivity index (χ0) is 17.4. The highest BCUT2D eigenvalue weighted by Gasteiger charge is 2.41. The number of fused-ring (bicyclic) bond motifs is 1. The third-order valence-corrected chi connectivity index (χ3v) is 5.21. The third-order valence-electron chi connectivity index (χ3n) is 3.76. The molecule has 124 valence electrons. The van der Waals surface area contributed by atoms with Crippen LogP contribution in [-0.4, -0.2) is 40.0 Å². The van der Waals surface area contributed by atoms with Crippen molar-refractivity contribution in [3.63, 3.8) is 0 Å². The molecule has 0 bridgehead atoms. The number of anilines is 1. The highest BCUT2D eigenvalue weighted by Crippen LogP contribution is 2.44. The summed E-state index contributed by atoms with van der Waals surface area (Å²) in [6.07, 6.45) is 0.771. The molecule has 2 aliphatic heterocycles. The molecule has 0 atom stereocenters. The Bertz CT molecular complexity index is 804. The number of thiocarbonyl (C=S) groups is 1. The van der Waals surface area contributed by atoms with E-state index in [0.29, 0.717) is 32.6 Å². The first-order valence-corrected chi connectivity index (χ1v) is 8.65. The van der Waals surface area contributed by atoms with Crippen molar-refractivity contribution in [1.82, 2.24) is 4.90 Å². The molecule has 0 unspecified atom stereocenters. The van der Waals surface area contributed by atoms with E-state index in [-0.39, 0.29) is 12.5 Å². The van der Waals surface area contributed by atoms with Crippen LogP contribution in [0.3, 0.4) is 0 Å². The van der Waals surface area contributed by atoms with Gasteiger partial charge in [-0.15, -0.1) is 0 Å². The van der Waals surface area contributed by atoms with Gasteiger partial charge in [0, 0.05) is 12.1 Å². The molecule has 1 saturated heterocycles. The number of hydrogen-bond donors (Lipinski definition) is 1. The summed E-state index contributed by atoms with van der Waals surface area (Å²) in [7, 11) is 0. The van der Waals surface area contributed by atoms with E-state index in [4.69, 9.17) is 18.0 Å². The monoisotopic (exact) mass is 361 g/mol. The van der Waals surface area contributed by atoms with Gasteiger partial charge in [-0.05, 0) is 12.5 Å². The maximum atomic E-state index is 12.8. The smallest absolute Gasteiger partial charge is 0.267 e. The van der Waals surface area contributed by atoms with Crippen molar-refractivity contribution in [2.75, 3.05) is 18.0 Å². The van der Waals surface area contributed by atoms with Crippen molar-refractivity contribution in [3.8, 4) is 0 Å². The maximum Gasteiger partial charge on any atom is 0.267 e. The molecule has 1 fully saturated rings. The van der Waals surface area contributed by atoms with Gasteiger partial charge >= 0.3 is 0 Å². The molecule has 1 aromatic rings. The summed E-state index contributed by atoms with van der Waals surface area (Å²) in [6, 6.07) is 7.05. The van der Waals surface area contributed by atoms with Crippen LogP contribution in [0.1, 0.15) is 18.9 Å². The zero-order valence-electron chi connectivity index (χ0n) is 12.9. The quantitative estimate of drug-likeness (QED) is 0.649. The van der Waals surface area contributed by atoms with Gasteiger partial charge in [0.2, 0.25) is 5.91 Å². The number of hydrogen-bond acceptors (Lipinski definition) is 5. The van der Waals surface area contributed by atoms with Crippen LogP contribution in [0, 0.1) is 0 Å². The first kappa shape index (κ1) is 16.7. The molecule has 2 aliphatic rings. The second-order valence-corrected chi connectivity index (χ2v) is 7.05. The van der Waals surface area contributed by atoms with E-state index in [2.05, 4.69) is 0 Å². The Morgan fingerprint density at radius 2 is 1.92 bits per heavy atom. The van der Waals surface area contributed by atoms with Crippen molar-refractivity contribution in [2.24, 2.45) is 5.73 Å². The van der Waals surface area contributed by atoms with E-state index in [1.165, 1.54) is 9.80 Å². The van der Waals surface area contributed by atoms with E-state index in [0.717, 1.165) is 18.2 Å². The molecule has 2 heterocycles. The molecular weight excluding hydrogens is 346 g/mol. The first-order chi connectivity index (χ1) is 11.5. The average Bonchev–Trinajstić information content (AvgIpc) is 2.96. The minimum absolute atomic E-state index is 0.228. The number of para-hydroxylation sites is 1. The second kappa shape index (κ2) is 6.37. The van der Waals surface area contributed by atoms with Gasteiger partial charge in [-0.3, -0.25) is 24.2 Å². The van der Waals surface area contributed by atoms with Crippen LogP contribution >= 0.6 is 24.0 Å².